The minimum atomic E-state index is -0.549. The lowest BCUT2D eigenvalue weighted by molar-refractivity contribution is -0.115. The number of carbonyl (C=O) groups is 2. The van der Waals surface area contributed by atoms with Crippen molar-refractivity contribution < 1.29 is 9.59 Å². The van der Waals surface area contributed by atoms with E-state index in [4.69, 9.17) is 0 Å². The molecule has 2 amide bonds. The van der Waals surface area contributed by atoms with Crippen LogP contribution in [0.1, 0.15) is 43.0 Å². The van der Waals surface area contributed by atoms with Crippen LogP contribution in [0, 0.1) is 0 Å². The van der Waals surface area contributed by atoms with Crippen LogP contribution in [-0.4, -0.2) is 32.8 Å². The Bertz CT molecular complexity index is 1440. The first-order valence-corrected chi connectivity index (χ1v) is 11.4. The Kier molecular flexibility index (Phi) is 6.60. The summed E-state index contributed by atoms with van der Waals surface area (Å²) >= 11 is 1.28. The van der Waals surface area contributed by atoms with E-state index >= 15 is 0 Å². The first-order chi connectivity index (χ1) is 16.4. The molecule has 0 spiro atoms. The predicted octanol–water partition coefficient (Wildman–Crippen LogP) is 3.88. The molecule has 2 aromatic heterocycles. The maximum Gasteiger partial charge on any atom is 0.292 e. The van der Waals surface area contributed by atoms with Crippen LogP contribution in [0.2, 0.25) is 0 Å². The average Bonchev–Trinajstić information content (AvgIpc) is 3.28. The minimum Gasteiger partial charge on any atom is -0.274 e. The third-order valence-corrected chi connectivity index (χ3v) is 5.77. The normalized spacial score (nSPS) is 11.3. The van der Waals surface area contributed by atoms with Gasteiger partial charge in [-0.1, -0.05) is 36.4 Å². The highest BCUT2D eigenvalue weighted by atomic mass is 32.1. The first-order valence-electron chi connectivity index (χ1n) is 10.5. The molecule has 4 aromatic rings. The summed E-state index contributed by atoms with van der Waals surface area (Å²) in [5.41, 5.74) is 3.49. The van der Waals surface area contributed by atoms with E-state index < -0.39 is 5.91 Å². The smallest absolute Gasteiger partial charge is 0.274 e. The van der Waals surface area contributed by atoms with E-state index in [1.165, 1.54) is 34.1 Å². The fourth-order valence-corrected chi connectivity index (χ4v) is 4.21. The molecule has 9 nitrogen and oxygen atoms in total. The van der Waals surface area contributed by atoms with Crippen LogP contribution in [0.3, 0.4) is 0 Å². The Morgan fingerprint density at radius 3 is 2.44 bits per heavy atom. The SMILES string of the molecule is CC(=O)N(c1ccccc1)c1nc(C=NNC(=O)c2nn(C(C)C)c(=O)c3ccccc23)cs1. The van der Waals surface area contributed by atoms with Crippen LogP contribution < -0.4 is 15.9 Å². The summed E-state index contributed by atoms with van der Waals surface area (Å²) < 4.78 is 1.29. The van der Waals surface area contributed by atoms with Crippen molar-refractivity contribution in [2.45, 2.75) is 26.8 Å². The fourth-order valence-electron chi connectivity index (χ4n) is 3.38. The number of hydrazone groups is 1. The first kappa shape index (κ1) is 23.0. The van der Waals surface area contributed by atoms with Gasteiger partial charge in [0.15, 0.2) is 10.8 Å². The number of hydrogen-bond donors (Lipinski definition) is 1. The van der Waals surface area contributed by atoms with Gasteiger partial charge in [-0.3, -0.25) is 19.3 Å². The highest BCUT2D eigenvalue weighted by molar-refractivity contribution is 7.14. The number of benzene rings is 2. The molecule has 0 bridgehead atoms. The molecule has 0 fully saturated rings. The Hall–Kier alpha value is -4.18. The minimum absolute atomic E-state index is 0.104. The number of carbonyl (C=O) groups excluding carboxylic acids is 2. The molecule has 0 saturated carbocycles. The van der Waals surface area contributed by atoms with Crippen molar-refractivity contribution in [3.63, 3.8) is 0 Å². The highest BCUT2D eigenvalue weighted by Crippen LogP contribution is 2.28. The number of anilines is 2. The van der Waals surface area contributed by atoms with E-state index in [9.17, 15) is 14.4 Å². The number of thiazole rings is 1. The third kappa shape index (κ3) is 4.62. The van der Waals surface area contributed by atoms with Crippen LogP contribution >= 0.6 is 11.3 Å². The Balaban J connectivity index is 1.56. The van der Waals surface area contributed by atoms with Crippen LogP contribution in [0.15, 0.2) is 69.9 Å². The molecule has 0 saturated heterocycles. The van der Waals surface area contributed by atoms with Crippen molar-refractivity contribution in [3.05, 3.63) is 81.7 Å². The van der Waals surface area contributed by atoms with Crippen molar-refractivity contribution in [2.75, 3.05) is 4.90 Å². The molecular weight excluding hydrogens is 452 g/mol. The molecule has 10 heteroatoms. The van der Waals surface area contributed by atoms with Gasteiger partial charge in [0.1, 0.15) is 0 Å². The van der Waals surface area contributed by atoms with Crippen LogP contribution in [0.5, 0.6) is 0 Å². The summed E-state index contributed by atoms with van der Waals surface area (Å²) in [6.07, 6.45) is 1.39. The summed E-state index contributed by atoms with van der Waals surface area (Å²) in [5, 5.41) is 11.4. The van der Waals surface area contributed by atoms with E-state index in [0.717, 1.165) is 0 Å². The summed E-state index contributed by atoms with van der Waals surface area (Å²) in [6.45, 7) is 5.11. The summed E-state index contributed by atoms with van der Waals surface area (Å²) in [6, 6.07) is 15.8. The molecule has 4 rings (SSSR count). The van der Waals surface area contributed by atoms with Gasteiger partial charge in [-0.25, -0.2) is 15.1 Å². The monoisotopic (exact) mass is 474 g/mol. The number of para-hydroxylation sites is 1. The zero-order chi connectivity index (χ0) is 24.2. The van der Waals surface area contributed by atoms with E-state index in [2.05, 4.69) is 20.6 Å². The molecule has 2 heterocycles. The Morgan fingerprint density at radius 1 is 1.09 bits per heavy atom. The second kappa shape index (κ2) is 9.75. The predicted molar refractivity (Wildman–Crippen MR) is 133 cm³/mol. The molecule has 0 aliphatic heterocycles. The molecule has 0 aliphatic carbocycles. The second-order valence-corrected chi connectivity index (χ2v) is 8.52. The molecule has 34 heavy (non-hydrogen) atoms. The number of rotatable bonds is 6. The lowest BCUT2D eigenvalue weighted by Gasteiger charge is -2.17. The zero-order valence-electron chi connectivity index (χ0n) is 18.8. The molecule has 0 radical (unpaired) electrons. The van der Waals surface area contributed by atoms with Gasteiger partial charge < -0.3 is 0 Å². The lowest BCUT2D eigenvalue weighted by Crippen LogP contribution is -2.30. The largest absolute Gasteiger partial charge is 0.292 e. The average molecular weight is 475 g/mol. The number of aromatic nitrogens is 3. The van der Waals surface area contributed by atoms with Gasteiger partial charge in [0.05, 0.1) is 29.0 Å². The molecule has 1 N–H and O–H groups in total. The van der Waals surface area contributed by atoms with Gasteiger partial charge in [0, 0.05) is 17.7 Å². The van der Waals surface area contributed by atoms with Crippen LogP contribution in [0.25, 0.3) is 10.8 Å². The van der Waals surface area contributed by atoms with Crippen molar-refractivity contribution in [1.29, 1.82) is 0 Å². The van der Waals surface area contributed by atoms with Gasteiger partial charge in [-0.15, -0.1) is 11.3 Å². The molecule has 0 unspecified atom stereocenters. The number of hydrogen-bond acceptors (Lipinski definition) is 7. The van der Waals surface area contributed by atoms with Crippen LogP contribution in [0.4, 0.5) is 10.8 Å². The molecule has 0 aliphatic rings. The molecule has 172 valence electrons. The zero-order valence-corrected chi connectivity index (χ0v) is 19.6. The van der Waals surface area contributed by atoms with Crippen molar-refractivity contribution in [2.24, 2.45) is 5.10 Å². The summed E-state index contributed by atoms with van der Waals surface area (Å²) in [5.74, 6) is -0.720. The maximum absolute atomic E-state index is 12.8. The molecule has 0 atom stereocenters. The number of amides is 2. The van der Waals surface area contributed by atoms with Gasteiger partial charge in [0.25, 0.3) is 11.5 Å². The van der Waals surface area contributed by atoms with Gasteiger partial charge in [0.2, 0.25) is 5.91 Å². The quantitative estimate of drug-likeness (QED) is 0.337. The highest BCUT2D eigenvalue weighted by Gasteiger charge is 2.19. The third-order valence-electron chi connectivity index (χ3n) is 4.93. The topological polar surface area (TPSA) is 110 Å². The van der Waals surface area contributed by atoms with E-state index in [0.29, 0.717) is 27.3 Å². The van der Waals surface area contributed by atoms with E-state index in [1.807, 2.05) is 44.2 Å². The van der Waals surface area contributed by atoms with Crippen molar-refractivity contribution >= 4 is 51.0 Å². The molecular formula is C24H22N6O3S. The lowest BCUT2D eigenvalue weighted by atomic mass is 10.1. The molecule has 2 aromatic carbocycles. The van der Waals surface area contributed by atoms with Gasteiger partial charge in [-0.2, -0.15) is 10.2 Å². The summed E-state index contributed by atoms with van der Waals surface area (Å²) in [7, 11) is 0. The Morgan fingerprint density at radius 2 is 1.76 bits per heavy atom. The van der Waals surface area contributed by atoms with Gasteiger partial charge >= 0.3 is 0 Å². The van der Waals surface area contributed by atoms with Gasteiger partial charge in [-0.05, 0) is 32.0 Å². The Labute approximate surface area is 199 Å². The second-order valence-electron chi connectivity index (χ2n) is 7.68. The fraction of sp³-hybridized carbons (Fsp3) is 0.167. The van der Waals surface area contributed by atoms with Crippen molar-refractivity contribution in [3.8, 4) is 0 Å². The summed E-state index contributed by atoms with van der Waals surface area (Å²) in [4.78, 5) is 43.6. The number of fused-ring (bicyclic) bond motifs is 1. The van der Waals surface area contributed by atoms with Crippen LogP contribution in [-0.2, 0) is 4.79 Å². The van der Waals surface area contributed by atoms with E-state index in [1.54, 1.807) is 29.6 Å². The van der Waals surface area contributed by atoms with Crippen molar-refractivity contribution in [1.82, 2.24) is 20.2 Å². The maximum atomic E-state index is 12.8. The van der Waals surface area contributed by atoms with E-state index in [-0.39, 0.29) is 23.2 Å². The number of nitrogens with one attached hydrogen (secondary N) is 1. The number of nitrogens with zero attached hydrogens (tertiary/aromatic N) is 5. The standard InChI is InChI=1S/C24H22N6O3S/c1-15(2)30-23(33)20-12-8-7-11-19(20)21(28-30)22(32)27-25-13-17-14-34-24(26-17)29(16(3)31)18-9-5-4-6-10-18/h4-15H,1-3H3,(H,27,32).